The molecule has 0 unspecified atom stereocenters. The first-order chi connectivity index (χ1) is 11.0. The van der Waals surface area contributed by atoms with Gasteiger partial charge in [-0.3, -0.25) is 4.79 Å². The van der Waals surface area contributed by atoms with Crippen LogP contribution in [0.15, 0.2) is 22.2 Å². The predicted molar refractivity (Wildman–Crippen MR) is 101 cm³/mol. The van der Waals surface area contributed by atoms with E-state index < -0.39 is 0 Å². The molecule has 1 amide bonds. The van der Waals surface area contributed by atoms with Gasteiger partial charge in [0.2, 0.25) is 5.91 Å². The van der Waals surface area contributed by atoms with Crippen LogP contribution in [-0.4, -0.2) is 24.5 Å². The van der Waals surface area contributed by atoms with E-state index in [9.17, 15) is 4.79 Å². The second-order valence-corrected chi connectivity index (χ2v) is 7.46. The smallest absolute Gasteiger partial charge is 0.216 e. The van der Waals surface area contributed by atoms with Crippen LogP contribution in [0, 0.1) is 12.3 Å². The summed E-state index contributed by atoms with van der Waals surface area (Å²) in [5, 5.41) is 6.62. The number of rotatable bonds is 8. The number of halogens is 1. The topological polar surface area (TPSA) is 41.1 Å². The maximum Gasteiger partial charge on any atom is 0.216 e. The van der Waals surface area contributed by atoms with E-state index in [1.54, 1.807) is 6.92 Å². The summed E-state index contributed by atoms with van der Waals surface area (Å²) in [7, 11) is 0. The van der Waals surface area contributed by atoms with Crippen LogP contribution >= 0.6 is 15.9 Å². The summed E-state index contributed by atoms with van der Waals surface area (Å²) < 4.78 is 1.12. The van der Waals surface area contributed by atoms with Crippen molar-refractivity contribution in [1.29, 1.82) is 0 Å². The van der Waals surface area contributed by atoms with E-state index in [4.69, 9.17) is 6.42 Å². The summed E-state index contributed by atoms with van der Waals surface area (Å²) in [6.45, 7) is 5.22. The molecule has 1 aliphatic rings. The molecule has 0 bridgehead atoms. The van der Waals surface area contributed by atoms with Crippen LogP contribution in [-0.2, 0) is 4.79 Å². The van der Waals surface area contributed by atoms with Crippen molar-refractivity contribution in [2.24, 2.45) is 0 Å². The molecule has 0 heterocycles. The van der Waals surface area contributed by atoms with Gasteiger partial charge in [0.25, 0.3) is 0 Å². The zero-order valence-corrected chi connectivity index (χ0v) is 16.0. The van der Waals surface area contributed by atoms with Gasteiger partial charge in [-0.2, -0.15) is 0 Å². The fraction of sp³-hybridized carbons (Fsp3) is 0.632. The average Bonchev–Trinajstić information content (AvgIpc) is 2.51. The van der Waals surface area contributed by atoms with Gasteiger partial charge in [0.1, 0.15) is 0 Å². The molecule has 3 nitrogen and oxygen atoms in total. The van der Waals surface area contributed by atoms with Crippen molar-refractivity contribution in [3.8, 4) is 12.3 Å². The zero-order chi connectivity index (χ0) is 17.1. The molecule has 0 radical (unpaired) electrons. The van der Waals surface area contributed by atoms with Crippen molar-refractivity contribution in [3.63, 3.8) is 0 Å². The lowest BCUT2D eigenvalue weighted by Gasteiger charge is -2.40. The van der Waals surface area contributed by atoms with Crippen LogP contribution in [0.2, 0.25) is 0 Å². The van der Waals surface area contributed by atoms with E-state index in [0.29, 0.717) is 6.42 Å². The zero-order valence-electron chi connectivity index (χ0n) is 14.4. The fourth-order valence-electron chi connectivity index (χ4n) is 3.18. The standard InChI is InChI=1S/C19H29BrN2O/c1-4-5-10-18(15-16(2)20)19(11-7-6-8-12-19)22-14-9-13-21-17(3)23/h1,10,15,22H,5-9,11-14H2,2-3H3,(H,21,23)/b16-15+,18-10+. The minimum absolute atomic E-state index is 0.0142. The number of amides is 1. The van der Waals surface area contributed by atoms with Crippen molar-refractivity contribution in [2.45, 2.75) is 64.3 Å². The van der Waals surface area contributed by atoms with Gasteiger partial charge in [-0.25, -0.2) is 0 Å². The molecule has 4 heteroatoms. The Balaban J connectivity index is 2.80. The van der Waals surface area contributed by atoms with Gasteiger partial charge >= 0.3 is 0 Å². The highest BCUT2D eigenvalue weighted by molar-refractivity contribution is 9.11. The SMILES string of the molecule is C#CC/C=C(\C=C(/C)Br)C1(NCCCNC(C)=O)CCCCC1. The molecule has 0 saturated heterocycles. The summed E-state index contributed by atoms with van der Waals surface area (Å²) in [6, 6.07) is 0. The van der Waals surface area contributed by atoms with Crippen molar-refractivity contribution < 1.29 is 4.79 Å². The quantitative estimate of drug-likeness (QED) is 0.378. The van der Waals surface area contributed by atoms with Gasteiger partial charge in [0, 0.05) is 25.4 Å². The Bertz CT molecular complexity index is 478. The van der Waals surface area contributed by atoms with Crippen LogP contribution in [0.4, 0.5) is 0 Å². The van der Waals surface area contributed by atoms with Crippen molar-refractivity contribution in [2.75, 3.05) is 13.1 Å². The van der Waals surface area contributed by atoms with Crippen LogP contribution in [0.5, 0.6) is 0 Å². The highest BCUT2D eigenvalue weighted by Gasteiger charge is 2.33. The molecular weight excluding hydrogens is 352 g/mol. The van der Waals surface area contributed by atoms with E-state index >= 15 is 0 Å². The monoisotopic (exact) mass is 380 g/mol. The van der Waals surface area contributed by atoms with E-state index in [-0.39, 0.29) is 11.4 Å². The molecule has 1 rings (SSSR count). The van der Waals surface area contributed by atoms with Gasteiger partial charge in [-0.15, -0.1) is 12.3 Å². The Morgan fingerprint density at radius 3 is 2.52 bits per heavy atom. The van der Waals surface area contributed by atoms with E-state index in [2.05, 4.69) is 51.6 Å². The van der Waals surface area contributed by atoms with Crippen LogP contribution in [0.1, 0.15) is 58.8 Å². The lowest BCUT2D eigenvalue weighted by molar-refractivity contribution is -0.118. The van der Waals surface area contributed by atoms with Crippen LogP contribution < -0.4 is 10.6 Å². The minimum Gasteiger partial charge on any atom is -0.356 e. The molecule has 128 valence electrons. The molecule has 1 saturated carbocycles. The van der Waals surface area contributed by atoms with Gasteiger partial charge < -0.3 is 10.6 Å². The van der Waals surface area contributed by atoms with Crippen molar-refractivity contribution >= 4 is 21.8 Å². The van der Waals surface area contributed by atoms with E-state index in [0.717, 1.165) is 36.8 Å². The van der Waals surface area contributed by atoms with Gasteiger partial charge in [-0.1, -0.05) is 41.3 Å². The summed E-state index contributed by atoms with van der Waals surface area (Å²) >= 11 is 3.56. The van der Waals surface area contributed by atoms with Crippen molar-refractivity contribution in [3.05, 3.63) is 22.2 Å². The molecule has 2 N–H and O–H groups in total. The highest BCUT2D eigenvalue weighted by Crippen LogP contribution is 2.36. The first-order valence-electron chi connectivity index (χ1n) is 8.47. The Morgan fingerprint density at radius 2 is 1.96 bits per heavy atom. The molecule has 0 spiro atoms. The largest absolute Gasteiger partial charge is 0.356 e. The molecule has 1 fully saturated rings. The summed E-state index contributed by atoms with van der Waals surface area (Å²) in [6.07, 6.45) is 17.5. The third-order valence-electron chi connectivity index (χ3n) is 4.24. The molecule has 1 aliphatic carbocycles. The molecular formula is C19H29BrN2O. The van der Waals surface area contributed by atoms with E-state index in [1.165, 1.54) is 24.8 Å². The molecule has 0 atom stereocenters. The second kappa shape index (κ2) is 10.7. The van der Waals surface area contributed by atoms with Crippen LogP contribution in [0.25, 0.3) is 0 Å². The number of allylic oxidation sites excluding steroid dienone is 2. The third-order valence-corrected chi connectivity index (χ3v) is 4.47. The molecule has 0 aromatic rings. The van der Waals surface area contributed by atoms with Crippen molar-refractivity contribution in [1.82, 2.24) is 10.6 Å². The first kappa shape index (κ1) is 20.0. The predicted octanol–water partition coefficient (Wildman–Crippen LogP) is 4.05. The van der Waals surface area contributed by atoms with Gasteiger partial charge in [0.15, 0.2) is 0 Å². The fourth-order valence-corrected chi connectivity index (χ4v) is 3.43. The third kappa shape index (κ3) is 7.37. The maximum atomic E-state index is 10.9. The molecule has 0 aromatic heterocycles. The molecule has 23 heavy (non-hydrogen) atoms. The highest BCUT2D eigenvalue weighted by atomic mass is 79.9. The minimum atomic E-state index is 0.0142. The Morgan fingerprint density at radius 1 is 1.26 bits per heavy atom. The average molecular weight is 381 g/mol. The maximum absolute atomic E-state index is 10.9. The lowest BCUT2D eigenvalue weighted by atomic mass is 9.75. The summed E-state index contributed by atoms with van der Waals surface area (Å²) in [5.74, 6) is 2.75. The Hall–Kier alpha value is -1.05. The number of nitrogens with one attached hydrogen (secondary N) is 2. The number of hydrogen-bond donors (Lipinski definition) is 2. The number of carbonyl (C=O) groups excluding carboxylic acids is 1. The number of hydrogen-bond acceptors (Lipinski definition) is 2. The molecule has 0 aromatic carbocycles. The second-order valence-electron chi connectivity index (χ2n) is 6.20. The Kier molecular flexibility index (Phi) is 9.28. The van der Waals surface area contributed by atoms with E-state index in [1.807, 2.05) is 0 Å². The van der Waals surface area contributed by atoms with Crippen LogP contribution in [0.3, 0.4) is 0 Å². The normalized spacial score (nSPS) is 18.3. The first-order valence-corrected chi connectivity index (χ1v) is 9.27. The lowest BCUT2D eigenvalue weighted by Crippen LogP contribution is -2.49. The summed E-state index contributed by atoms with van der Waals surface area (Å²) in [5.41, 5.74) is 1.31. The molecule has 0 aliphatic heterocycles. The number of terminal acetylenes is 1. The van der Waals surface area contributed by atoms with Gasteiger partial charge in [-0.05, 0) is 48.9 Å². The number of carbonyl (C=O) groups is 1. The van der Waals surface area contributed by atoms with Gasteiger partial charge in [0.05, 0.1) is 0 Å². The summed E-state index contributed by atoms with van der Waals surface area (Å²) in [4.78, 5) is 10.9. The Labute approximate surface area is 149 Å².